The number of nitrogens with zero attached hydrogens (tertiary/aromatic N) is 3. The van der Waals surface area contributed by atoms with Crippen molar-refractivity contribution in [1.29, 1.82) is 0 Å². The average molecular weight is 416 g/mol. The summed E-state index contributed by atoms with van der Waals surface area (Å²) >= 11 is 7.32. The highest BCUT2D eigenvalue weighted by molar-refractivity contribution is 7.18. The highest BCUT2D eigenvalue weighted by Crippen LogP contribution is 2.29. The number of carbonyl (C=O) groups is 2. The molecule has 2 aromatic heterocycles. The lowest BCUT2D eigenvalue weighted by Gasteiger charge is -2.23. The van der Waals surface area contributed by atoms with Crippen LogP contribution < -0.4 is 10.6 Å². The number of carbonyl (C=O) groups excluding carboxylic acids is 2. The molecular weight excluding hydrogens is 398 g/mol. The van der Waals surface area contributed by atoms with Crippen molar-refractivity contribution in [1.82, 2.24) is 20.1 Å². The number of fused-ring (bicyclic) bond motifs is 1. The Hall–Kier alpha value is -2.71. The van der Waals surface area contributed by atoms with Gasteiger partial charge in [-0.1, -0.05) is 23.7 Å². The minimum absolute atomic E-state index is 0.161. The van der Waals surface area contributed by atoms with E-state index in [-0.39, 0.29) is 17.9 Å². The largest absolute Gasteiger partial charge is 0.341 e. The van der Waals surface area contributed by atoms with Crippen LogP contribution in [0.25, 0.3) is 0 Å². The lowest BCUT2D eigenvalue weighted by Crippen LogP contribution is -2.33. The van der Waals surface area contributed by atoms with E-state index < -0.39 is 0 Å². The van der Waals surface area contributed by atoms with Crippen LogP contribution in [-0.2, 0) is 6.54 Å². The van der Waals surface area contributed by atoms with E-state index in [9.17, 15) is 9.59 Å². The van der Waals surface area contributed by atoms with Gasteiger partial charge in [0.05, 0.1) is 26.5 Å². The van der Waals surface area contributed by atoms with Gasteiger partial charge in [0.25, 0.3) is 11.8 Å². The van der Waals surface area contributed by atoms with Gasteiger partial charge in [0.1, 0.15) is 12.2 Å². The maximum atomic E-state index is 12.8. The fourth-order valence-corrected chi connectivity index (χ4v) is 4.44. The van der Waals surface area contributed by atoms with E-state index >= 15 is 0 Å². The Labute approximate surface area is 170 Å². The summed E-state index contributed by atoms with van der Waals surface area (Å²) in [5.74, 6) is 0.294. The third kappa shape index (κ3) is 3.65. The van der Waals surface area contributed by atoms with E-state index in [1.165, 1.54) is 17.7 Å². The number of nitrogens with one attached hydrogen (secondary N) is 2. The highest BCUT2D eigenvalue weighted by atomic mass is 35.5. The molecule has 0 saturated carbocycles. The Kier molecular flexibility index (Phi) is 5.15. The lowest BCUT2D eigenvalue weighted by atomic mass is 10.1. The molecule has 0 unspecified atom stereocenters. The summed E-state index contributed by atoms with van der Waals surface area (Å²) in [5, 5.41) is 11.0. The van der Waals surface area contributed by atoms with Crippen molar-refractivity contribution in [2.45, 2.75) is 32.4 Å². The van der Waals surface area contributed by atoms with Gasteiger partial charge in [-0.25, -0.2) is 9.67 Å². The van der Waals surface area contributed by atoms with Gasteiger partial charge >= 0.3 is 0 Å². The number of aryl methyl sites for hydroxylation is 2. The maximum Gasteiger partial charge on any atom is 0.262 e. The zero-order chi connectivity index (χ0) is 19.7. The molecular formula is C19H18ClN5O2S. The van der Waals surface area contributed by atoms with E-state index in [2.05, 4.69) is 20.7 Å². The summed E-state index contributed by atoms with van der Waals surface area (Å²) in [4.78, 5) is 30.1. The van der Waals surface area contributed by atoms with Gasteiger partial charge in [0.15, 0.2) is 0 Å². The van der Waals surface area contributed by atoms with Crippen molar-refractivity contribution in [3.63, 3.8) is 0 Å². The minimum Gasteiger partial charge on any atom is -0.341 e. The molecule has 0 fully saturated rings. The topological polar surface area (TPSA) is 88.9 Å². The van der Waals surface area contributed by atoms with E-state index in [0.717, 1.165) is 30.8 Å². The normalized spacial score (nSPS) is 15.7. The van der Waals surface area contributed by atoms with Crippen molar-refractivity contribution in [3.8, 4) is 0 Å². The molecule has 3 heterocycles. The van der Waals surface area contributed by atoms with E-state index in [1.807, 2.05) is 11.6 Å². The quantitative estimate of drug-likeness (QED) is 0.677. The van der Waals surface area contributed by atoms with Crippen LogP contribution in [0.15, 0.2) is 36.7 Å². The van der Waals surface area contributed by atoms with Crippen LogP contribution in [0.1, 0.15) is 50.3 Å². The molecule has 3 aromatic rings. The minimum atomic E-state index is -0.306. The van der Waals surface area contributed by atoms with Crippen molar-refractivity contribution in [2.75, 3.05) is 5.32 Å². The van der Waals surface area contributed by atoms with Crippen molar-refractivity contribution < 1.29 is 9.59 Å². The molecule has 1 aromatic carbocycles. The number of rotatable bonds is 4. The molecule has 28 heavy (non-hydrogen) atoms. The second-order valence-corrected chi connectivity index (χ2v) is 8.03. The van der Waals surface area contributed by atoms with E-state index in [1.54, 1.807) is 30.3 Å². The number of aromatic nitrogens is 3. The van der Waals surface area contributed by atoms with Crippen LogP contribution in [0.4, 0.5) is 5.00 Å². The molecule has 1 atom stereocenters. The van der Waals surface area contributed by atoms with Gasteiger partial charge in [0.2, 0.25) is 0 Å². The maximum absolute atomic E-state index is 12.8. The Morgan fingerprint density at radius 1 is 1.29 bits per heavy atom. The fraction of sp³-hybridized carbons (Fsp3) is 0.263. The second-order valence-electron chi connectivity index (χ2n) is 6.57. The smallest absolute Gasteiger partial charge is 0.262 e. The van der Waals surface area contributed by atoms with Gasteiger partial charge in [-0.2, -0.15) is 5.10 Å². The first-order valence-corrected chi connectivity index (χ1v) is 10.1. The third-order valence-electron chi connectivity index (χ3n) is 4.60. The molecule has 0 spiro atoms. The Morgan fingerprint density at radius 2 is 2.11 bits per heavy atom. The second kappa shape index (κ2) is 7.73. The molecule has 7 nitrogen and oxygen atoms in total. The molecule has 4 rings (SSSR count). The number of halogens is 1. The molecule has 9 heteroatoms. The van der Waals surface area contributed by atoms with Crippen LogP contribution >= 0.6 is 22.9 Å². The lowest BCUT2D eigenvalue weighted by molar-refractivity contribution is 0.0930. The summed E-state index contributed by atoms with van der Waals surface area (Å²) in [6, 6.07) is 8.47. The molecule has 0 bridgehead atoms. The Bertz CT molecular complexity index is 1040. The van der Waals surface area contributed by atoms with Crippen LogP contribution in [0, 0.1) is 6.92 Å². The number of hydrogen-bond donors (Lipinski definition) is 2. The zero-order valence-corrected chi connectivity index (χ0v) is 16.7. The fourth-order valence-electron chi connectivity index (χ4n) is 3.24. The Balaban J connectivity index is 1.48. The number of benzene rings is 1. The molecule has 2 amide bonds. The van der Waals surface area contributed by atoms with Gasteiger partial charge in [-0.05, 0) is 43.5 Å². The molecule has 0 aliphatic carbocycles. The summed E-state index contributed by atoms with van der Waals surface area (Å²) in [6.07, 6.45) is 3.27. The first-order valence-electron chi connectivity index (χ1n) is 8.88. The first-order chi connectivity index (χ1) is 13.5. The monoisotopic (exact) mass is 415 g/mol. The summed E-state index contributed by atoms with van der Waals surface area (Å²) in [6.45, 7) is 2.66. The Morgan fingerprint density at radius 3 is 2.93 bits per heavy atom. The van der Waals surface area contributed by atoms with Gasteiger partial charge in [-0.3, -0.25) is 9.59 Å². The number of amides is 2. The van der Waals surface area contributed by atoms with Crippen LogP contribution in [0.3, 0.4) is 0 Å². The standard InChI is InChI=1S/C19H18ClN5O2S/c1-11-9-15(24-18(26)12-5-2-3-6-13(12)20)28-16(11)19(27)23-14-7-4-8-25-17(14)21-10-22-25/h2-3,5-6,9-10,14H,4,7-8H2,1H3,(H,23,27)(H,24,26)/t14-/m1/s1. The van der Waals surface area contributed by atoms with E-state index in [0.29, 0.717) is 20.5 Å². The van der Waals surface area contributed by atoms with Gasteiger partial charge in [-0.15, -0.1) is 11.3 Å². The number of anilines is 1. The molecule has 144 valence electrons. The summed E-state index contributed by atoms with van der Waals surface area (Å²) in [5.41, 5.74) is 1.19. The summed E-state index contributed by atoms with van der Waals surface area (Å²) in [7, 11) is 0. The van der Waals surface area contributed by atoms with Crippen molar-refractivity contribution >= 4 is 39.8 Å². The highest BCUT2D eigenvalue weighted by Gasteiger charge is 2.26. The van der Waals surface area contributed by atoms with Crippen molar-refractivity contribution in [3.05, 3.63) is 63.5 Å². The molecule has 2 N–H and O–H groups in total. The summed E-state index contributed by atoms with van der Waals surface area (Å²) < 4.78 is 1.82. The number of thiophene rings is 1. The van der Waals surface area contributed by atoms with Gasteiger partial charge in [0, 0.05) is 6.54 Å². The van der Waals surface area contributed by atoms with Crippen LogP contribution in [-0.4, -0.2) is 26.6 Å². The zero-order valence-electron chi connectivity index (χ0n) is 15.1. The van der Waals surface area contributed by atoms with Crippen LogP contribution in [0.5, 0.6) is 0 Å². The van der Waals surface area contributed by atoms with Gasteiger partial charge < -0.3 is 10.6 Å². The van der Waals surface area contributed by atoms with Crippen molar-refractivity contribution in [2.24, 2.45) is 0 Å². The molecule has 0 radical (unpaired) electrons. The molecule has 1 aliphatic heterocycles. The predicted molar refractivity (Wildman–Crippen MR) is 108 cm³/mol. The molecule has 1 aliphatic rings. The SMILES string of the molecule is Cc1cc(NC(=O)c2ccccc2Cl)sc1C(=O)N[C@@H]1CCCn2ncnc21. The molecule has 0 saturated heterocycles. The third-order valence-corrected chi connectivity index (χ3v) is 6.09. The first kappa shape index (κ1) is 18.6. The predicted octanol–water partition coefficient (Wildman–Crippen LogP) is 3.82. The average Bonchev–Trinajstić information content (AvgIpc) is 3.29. The van der Waals surface area contributed by atoms with E-state index in [4.69, 9.17) is 11.6 Å². The van der Waals surface area contributed by atoms with Crippen LogP contribution in [0.2, 0.25) is 5.02 Å². The number of hydrogen-bond acceptors (Lipinski definition) is 5.